The first-order valence-corrected chi connectivity index (χ1v) is 8.78. The summed E-state index contributed by atoms with van der Waals surface area (Å²) in [6, 6.07) is 0. The van der Waals surface area contributed by atoms with Gasteiger partial charge >= 0.3 is 0 Å². The van der Waals surface area contributed by atoms with Gasteiger partial charge in [-0.25, -0.2) is 0 Å². The number of ether oxygens (including phenoxy) is 1. The SMILES string of the molecule is CCOC1CCC(C2CCC(CC)CC2)C(C)C1C. The molecular weight excluding hydrogens is 232 g/mol. The summed E-state index contributed by atoms with van der Waals surface area (Å²) in [7, 11) is 0. The van der Waals surface area contributed by atoms with Crippen LogP contribution in [0.5, 0.6) is 0 Å². The average molecular weight is 266 g/mol. The van der Waals surface area contributed by atoms with E-state index in [2.05, 4.69) is 27.7 Å². The molecule has 1 heteroatoms. The van der Waals surface area contributed by atoms with Crippen LogP contribution in [0.3, 0.4) is 0 Å². The highest BCUT2D eigenvalue weighted by atomic mass is 16.5. The minimum atomic E-state index is 0.531. The van der Waals surface area contributed by atoms with Gasteiger partial charge in [0.1, 0.15) is 0 Å². The van der Waals surface area contributed by atoms with Crippen molar-refractivity contribution < 1.29 is 4.74 Å². The molecule has 0 aromatic heterocycles. The van der Waals surface area contributed by atoms with Crippen LogP contribution in [0.1, 0.15) is 72.6 Å². The van der Waals surface area contributed by atoms with E-state index in [9.17, 15) is 0 Å². The zero-order valence-electron chi connectivity index (χ0n) is 13.5. The summed E-state index contributed by atoms with van der Waals surface area (Å²) in [5.41, 5.74) is 0. The van der Waals surface area contributed by atoms with Crippen molar-refractivity contribution in [1.29, 1.82) is 0 Å². The van der Waals surface area contributed by atoms with Gasteiger partial charge in [-0.3, -0.25) is 0 Å². The Morgan fingerprint density at radius 2 is 1.53 bits per heavy atom. The maximum absolute atomic E-state index is 5.94. The molecule has 112 valence electrons. The van der Waals surface area contributed by atoms with Crippen LogP contribution in [0.4, 0.5) is 0 Å². The standard InChI is InChI=1S/C18H34O/c1-5-15-7-9-16(10-8-15)17-11-12-18(19-6-2)14(4)13(17)3/h13-18H,5-12H2,1-4H3. The van der Waals surface area contributed by atoms with Crippen molar-refractivity contribution in [2.75, 3.05) is 6.61 Å². The predicted molar refractivity (Wildman–Crippen MR) is 82.2 cm³/mol. The van der Waals surface area contributed by atoms with Gasteiger partial charge in [-0.2, -0.15) is 0 Å². The lowest BCUT2D eigenvalue weighted by atomic mass is 9.63. The lowest BCUT2D eigenvalue weighted by molar-refractivity contribution is -0.0510. The van der Waals surface area contributed by atoms with Gasteiger partial charge < -0.3 is 4.74 Å². The summed E-state index contributed by atoms with van der Waals surface area (Å²) in [6.07, 6.45) is 10.6. The number of hydrogen-bond acceptors (Lipinski definition) is 1. The maximum Gasteiger partial charge on any atom is 0.0603 e. The number of rotatable bonds is 4. The monoisotopic (exact) mass is 266 g/mol. The Morgan fingerprint density at radius 1 is 0.842 bits per heavy atom. The Morgan fingerprint density at radius 3 is 2.11 bits per heavy atom. The second-order valence-electron chi connectivity index (χ2n) is 7.14. The van der Waals surface area contributed by atoms with Crippen LogP contribution in [0.25, 0.3) is 0 Å². The molecule has 0 aromatic rings. The van der Waals surface area contributed by atoms with Gasteiger partial charge in [0.2, 0.25) is 0 Å². The van der Waals surface area contributed by atoms with Gasteiger partial charge in [-0.1, -0.05) is 40.0 Å². The van der Waals surface area contributed by atoms with Crippen molar-refractivity contribution in [1.82, 2.24) is 0 Å². The van der Waals surface area contributed by atoms with Crippen LogP contribution in [0.15, 0.2) is 0 Å². The van der Waals surface area contributed by atoms with Crippen LogP contribution in [0.2, 0.25) is 0 Å². The third kappa shape index (κ3) is 3.54. The maximum atomic E-state index is 5.94. The highest BCUT2D eigenvalue weighted by Crippen LogP contribution is 2.45. The highest BCUT2D eigenvalue weighted by Gasteiger charge is 2.39. The largest absolute Gasteiger partial charge is 0.378 e. The molecule has 2 aliphatic carbocycles. The molecule has 4 atom stereocenters. The quantitative estimate of drug-likeness (QED) is 0.672. The molecule has 2 rings (SSSR count). The minimum absolute atomic E-state index is 0.531. The third-order valence-corrected chi connectivity index (χ3v) is 6.33. The van der Waals surface area contributed by atoms with E-state index < -0.39 is 0 Å². The van der Waals surface area contributed by atoms with E-state index in [4.69, 9.17) is 4.74 Å². The summed E-state index contributed by atoms with van der Waals surface area (Å²) in [4.78, 5) is 0. The van der Waals surface area contributed by atoms with Crippen LogP contribution >= 0.6 is 0 Å². The Kier molecular flexibility index (Phi) is 5.74. The first-order chi connectivity index (χ1) is 9.17. The molecule has 0 amide bonds. The summed E-state index contributed by atoms with van der Waals surface area (Å²) in [6.45, 7) is 10.3. The van der Waals surface area contributed by atoms with Crippen molar-refractivity contribution >= 4 is 0 Å². The summed E-state index contributed by atoms with van der Waals surface area (Å²) < 4.78 is 5.94. The van der Waals surface area contributed by atoms with E-state index in [-0.39, 0.29) is 0 Å². The van der Waals surface area contributed by atoms with E-state index >= 15 is 0 Å². The van der Waals surface area contributed by atoms with Crippen molar-refractivity contribution in [3.63, 3.8) is 0 Å². The lowest BCUT2D eigenvalue weighted by Crippen LogP contribution is -2.40. The summed E-state index contributed by atoms with van der Waals surface area (Å²) in [5, 5.41) is 0. The molecule has 0 N–H and O–H groups in total. The topological polar surface area (TPSA) is 9.23 Å². The van der Waals surface area contributed by atoms with Crippen molar-refractivity contribution in [2.45, 2.75) is 78.7 Å². The van der Waals surface area contributed by atoms with Gasteiger partial charge in [0.05, 0.1) is 6.10 Å². The van der Waals surface area contributed by atoms with Crippen LogP contribution in [0, 0.1) is 29.6 Å². The zero-order chi connectivity index (χ0) is 13.8. The molecule has 0 spiro atoms. The molecule has 2 aliphatic rings. The molecule has 0 aliphatic heterocycles. The van der Waals surface area contributed by atoms with Gasteiger partial charge in [0, 0.05) is 6.61 Å². The fourth-order valence-corrected chi connectivity index (χ4v) is 4.75. The zero-order valence-corrected chi connectivity index (χ0v) is 13.5. The van der Waals surface area contributed by atoms with Crippen molar-refractivity contribution in [3.05, 3.63) is 0 Å². The van der Waals surface area contributed by atoms with E-state index in [1.807, 2.05) is 0 Å². The number of hydrogen-bond donors (Lipinski definition) is 0. The molecule has 2 saturated carbocycles. The van der Waals surface area contributed by atoms with Gasteiger partial charge in [0.25, 0.3) is 0 Å². The van der Waals surface area contributed by atoms with Crippen molar-refractivity contribution in [2.24, 2.45) is 29.6 Å². The molecule has 0 aromatic carbocycles. The fourth-order valence-electron chi connectivity index (χ4n) is 4.75. The first kappa shape index (κ1) is 15.4. The third-order valence-electron chi connectivity index (χ3n) is 6.33. The van der Waals surface area contributed by atoms with E-state index in [1.165, 1.54) is 44.9 Å². The normalized spacial score (nSPS) is 44.2. The van der Waals surface area contributed by atoms with Crippen LogP contribution < -0.4 is 0 Å². The molecule has 1 nitrogen and oxygen atoms in total. The fraction of sp³-hybridized carbons (Fsp3) is 1.00. The predicted octanol–water partition coefficient (Wildman–Crippen LogP) is 5.29. The van der Waals surface area contributed by atoms with Gasteiger partial charge in [-0.15, -0.1) is 0 Å². The van der Waals surface area contributed by atoms with E-state index in [0.29, 0.717) is 6.10 Å². The Bertz CT molecular complexity index is 252. The molecular formula is C18H34O. The van der Waals surface area contributed by atoms with Crippen LogP contribution in [-0.2, 0) is 4.74 Å². The molecule has 0 saturated heterocycles. The molecule has 4 unspecified atom stereocenters. The van der Waals surface area contributed by atoms with Gasteiger partial charge in [-0.05, 0) is 62.2 Å². The van der Waals surface area contributed by atoms with E-state index in [1.54, 1.807) is 0 Å². The molecule has 0 radical (unpaired) electrons. The smallest absolute Gasteiger partial charge is 0.0603 e. The molecule has 0 heterocycles. The summed E-state index contributed by atoms with van der Waals surface area (Å²) in [5.74, 6) is 4.63. The average Bonchev–Trinajstić information content (AvgIpc) is 2.45. The second kappa shape index (κ2) is 7.11. The van der Waals surface area contributed by atoms with Crippen LogP contribution in [-0.4, -0.2) is 12.7 Å². The lowest BCUT2D eigenvalue weighted by Gasteiger charge is -2.45. The Hall–Kier alpha value is -0.0400. The molecule has 0 bridgehead atoms. The molecule has 2 fully saturated rings. The highest BCUT2D eigenvalue weighted by molar-refractivity contribution is 4.88. The molecule has 19 heavy (non-hydrogen) atoms. The minimum Gasteiger partial charge on any atom is -0.378 e. The summed E-state index contributed by atoms with van der Waals surface area (Å²) >= 11 is 0. The Balaban J connectivity index is 1.88. The second-order valence-corrected chi connectivity index (χ2v) is 7.14. The van der Waals surface area contributed by atoms with E-state index in [0.717, 1.165) is 36.2 Å². The van der Waals surface area contributed by atoms with Gasteiger partial charge in [0.15, 0.2) is 0 Å². The Labute approximate surface area is 120 Å². The van der Waals surface area contributed by atoms with Crippen molar-refractivity contribution in [3.8, 4) is 0 Å². The first-order valence-electron chi connectivity index (χ1n) is 8.78.